The Kier molecular flexibility index (Phi) is 7.40. The molecule has 0 aliphatic rings. The summed E-state index contributed by atoms with van der Waals surface area (Å²) < 4.78 is 0. The summed E-state index contributed by atoms with van der Waals surface area (Å²) in [5.41, 5.74) is 1.67. The van der Waals surface area contributed by atoms with Crippen molar-refractivity contribution >= 4 is 17.6 Å². The van der Waals surface area contributed by atoms with Crippen molar-refractivity contribution in [1.29, 1.82) is 0 Å². The number of carboxylic acid groups (broad SMARTS) is 1. The van der Waals surface area contributed by atoms with Gasteiger partial charge in [0.25, 0.3) is 0 Å². The van der Waals surface area contributed by atoms with E-state index in [0.717, 1.165) is 36.9 Å². The molecule has 0 atom stereocenters. The maximum Gasteiger partial charge on any atom is 0.303 e. The summed E-state index contributed by atoms with van der Waals surface area (Å²) in [6, 6.07) is 7.38. The largest absolute Gasteiger partial charge is 0.481 e. The van der Waals surface area contributed by atoms with Crippen LogP contribution in [0.5, 0.6) is 0 Å². The number of nitrogens with one attached hydrogen (secondary N) is 1. The highest BCUT2D eigenvalue weighted by Gasteiger charge is 2.04. The summed E-state index contributed by atoms with van der Waals surface area (Å²) in [6.45, 7) is 2.14. The van der Waals surface area contributed by atoms with Gasteiger partial charge in [-0.1, -0.05) is 38.3 Å². The van der Waals surface area contributed by atoms with Gasteiger partial charge in [0.1, 0.15) is 0 Å². The van der Waals surface area contributed by atoms with Crippen molar-refractivity contribution in [3.63, 3.8) is 0 Å². The molecule has 0 bridgehead atoms. The van der Waals surface area contributed by atoms with Crippen LogP contribution in [0.4, 0.5) is 5.69 Å². The normalized spacial score (nSPS) is 10.2. The molecule has 1 amide bonds. The number of carbonyl (C=O) groups is 2. The fourth-order valence-corrected chi connectivity index (χ4v) is 1.99. The molecule has 1 aromatic carbocycles. The van der Waals surface area contributed by atoms with Crippen molar-refractivity contribution in [3.8, 4) is 0 Å². The number of hydrogen-bond acceptors (Lipinski definition) is 2. The number of rotatable bonds is 9. The van der Waals surface area contributed by atoms with Crippen molar-refractivity contribution in [1.82, 2.24) is 0 Å². The van der Waals surface area contributed by atoms with E-state index in [-0.39, 0.29) is 12.3 Å². The van der Waals surface area contributed by atoms with E-state index in [0.29, 0.717) is 12.8 Å². The van der Waals surface area contributed by atoms with Crippen molar-refractivity contribution in [2.75, 3.05) is 5.32 Å². The van der Waals surface area contributed by atoms with E-state index < -0.39 is 5.97 Å². The molecule has 2 N–H and O–H groups in total. The Labute approximate surface area is 120 Å². The van der Waals surface area contributed by atoms with Gasteiger partial charge in [0, 0.05) is 18.5 Å². The summed E-state index contributed by atoms with van der Waals surface area (Å²) in [5, 5.41) is 11.5. The second-order valence-electron chi connectivity index (χ2n) is 4.95. The van der Waals surface area contributed by atoms with Gasteiger partial charge in [-0.2, -0.15) is 0 Å². The highest BCUT2D eigenvalue weighted by molar-refractivity contribution is 5.90. The molecule has 0 heterocycles. The Morgan fingerprint density at radius 2 is 1.95 bits per heavy atom. The molecule has 4 nitrogen and oxygen atoms in total. The third kappa shape index (κ3) is 6.92. The van der Waals surface area contributed by atoms with Crippen LogP contribution in [-0.2, 0) is 16.0 Å². The lowest BCUT2D eigenvalue weighted by atomic mass is 10.1. The number of anilines is 1. The zero-order chi connectivity index (χ0) is 14.8. The molecule has 0 aromatic heterocycles. The van der Waals surface area contributed by atoms with E-state index in [2.05, 4.69) is 12.2 Å². The molecular weight excluding hydrogens is 254 g/mol. The number of aliphatic carboxylic acids is 1. The summed E-state index contributed by atoms with van der Waals surface area (Å²) in [7, 11) is 0. The molecule has 0 spiro atoms. The second-order valence-corrected chi connectivity index (χ2v) is 4.95. The molecule has 0 fully saturated rings. The zero-order valence-corrected chi connectivity index (χ0v) is 12.0. The predicted molar refractivity (Wildman–Crippen MR) is 79.8 cm³/mol. The summed E-state index contributed by atoms with van der Waals surface area (Å²) in [5.74, 6) is -0.785. The van der Waals surface area contributed by atoms with Gasteiger partial charge in [-0.15, -0.1) is 0 Å². The Morgan fingerprint density at radius 3 is 2.65 bits per heavy atom. The highest BCUT2D eigenvalue weighted by Crippen LogP contribution is 2.13. The Bertz CT molecular complexity index is 443. The zero-order valence-electron chi connectivity index (χ0n) is 12.0. The van der Waals surface area contributed by atoms with Crippen LogP contribution in [-0.4, -0.2) is 17.0 Å². The van der Waals surface area contributed by atoms with Crippen LogP contribution in [0.2, 0.25) is 0 Å². The van der Waals surface area contributed by atoms with Crippen molar-refractivity contribution < 1.29 is 14.7 Å². The van der Waals surface area contributed by atoms with Gasteiger partial charge in [-0.3, -0.25) is 9.59 Å². The van der Waals surface area contributed by atoms with Crippen LogP contribution in [0, 0.1) is 0 Å². The fourth-order valence-electron chi connectivity index (χ4n) is 1.99. The first-order valence-electron chi connectivity index (χ1n) is 7.22. The number of hydrogen-bond donors (Lipinski definition) is 2. The molecule has 0 unspecified atom stereocenters. The quantitative estimate of drug-likeness (QED) is 0.677. The van der Waals surface area contributed by atoms with Crippen molar-refractivity contribution in [2.45, 2.75) is 51.9 Å². The number of aryl methyl sites for hydroxylation is 1. The third-order valence-corrected chi connectivity index (χ3v) is 3.10. The number of unbranched alkanes of at least 4 members (excludes halogenated alkanes) is 3. The van der Waals surface area contributed by atoms with Crippen molar-refractivity contribution in [3.05, 3.63) is 29.8 Å². The first-order chi connectivity index (χ1) is 9.61. The number of carboxylic acids is 1. The lowest BCUT2D eigenvalue weighted by molar-refractivity contribution is -0.137. The molecule has 0 saturated heterocycles. The van der Waals surface area contributed by atoms with Crippen LogP contribution in [0.3, 0.4) is 0 Å². The lowest BCUT2D eigenvalue weighted by Gasteiger charge is -2.07. The Morgan fingerprint density at radius 1 is 1.15 bits per heavy atom. The van der Waals surface area contributed by atoms with E-state index in [9.17, 15) is 9.59 Å². The lowest BCUT2D eigenvalue weighted by Crippen LogP contribution is -2.11. The minimum Gasteiger partial charge on any atom is -0.481 e. The van der Waals surface area contributed by atoms with E-state index in [1.165, 1.54) is 0 Å². The molecular formula is C16H23NO3. The van der Waals surface area contributed by atoms with Crippen LogP contribution < -0.4 is 5.32 Å². The number of benzene rings is 1. The monoisotopic (exact) mass is 277 g/mol. The van der Waals surface area contributed by atoms with Crippen LogP contribution >= 0.6 is 0 Å². The molecule has 0 aliphatic heterocycles. The molecule has 0 saturated carbocycles. The maximum absolute atomic E-state index is 11.7. The Hall–Kier alpha value is -1.84. The minimum absolute atomic E-state index is 0.0245. The predicted octanol–water partition coefficient (Wildman–Crippen LogP) is 3.61. The highest BCUT2D eigenvalue weighted by atomic mass is 16.4. The van der Waals surface area contributed by atoms with E-state index in [1.807, 2.05) is 24.3 Å². The van der Waals surface area contributed by atoms with Gasteiger partial charge in [-0.25, -0.2) is 0 Å². The first-order valence-corrected chi connectivity index (χ1v) is 7.22. The molecule has 0 aliphatic carbocycles. The van der Waals surface area contributed by atoms with Gasteiger partial charge in [0.2, 0.25) is 5.91 Å². The van der Waals surface area contributed by atoms with Gasteiger partial charge in [0.15, 0.2) is 0 Å². The molecule has 110 valence electrons. The average Bonchev–Trinajstić information content (AvgIpc) is 2.42. The minimum atomic E-state index is -0.810. The summed E-state index contributed by atoms with van der Waals surface area (Å²) >= 11 is 0. The van der Waals surface area contributed by atoms with Gasteiger partial charge < -0.3 is 10.4 Å². The Balaban J connectivity index is 2.40. The topological polar surface area (TPSA) is 66.4 Å². The van der Waals surface area contributed by atoms with Crippen molar-refractivity contribution in [2.24, 2.45) is 0 Å². The number of carbonyl (C=O) groups excluding carboxylic acids is 1. The van der Waals surface area contributed by atoms with Crippen LogP contribution in [0.15, 0.2) is 24.3 Å². The molecule has 1 aromatic rings. The van der Waals surface area contributed by atoms with E-state index in [1.54, 1.807) is 0 Å². The van der Waals surface area contributed by atoms with Crippen LogP contribution in [0.1, 0.15) is 51.0 Å². The fraction of sp³-hybridized carbons (Fsp3) is 0.500. The van der Waals surface area contributed by atoms with E-state index >= 15 is 0 Å². The molecule has 4 heteroatoms. The SMILES string of the molecule is CCCCCCC(=O)Nc1cccc(CCC(=O)O)c1. The standard InChI is InChI=1S/C16H23NO3/c1-2-3-4-5-9-15(18)17-14-8-6-7-13(12-14)10-11-16(19)20/h6-8,12H,2-5,9-11H2,1H3,(H,17,18)(H,19,20). The first kappa shape index (κ1) is 16.2. The van der Waals surface area contributed by atoms with E-state index in [4.69, 9.17) is 5.11 Å². The summed E-state index contributed by atoms with van der Waals surface area (Å²) in [4.78, 5) is 22.3. The third-order valence-electron chi connectivity index (χ3n) is 3.10. The molecule has 20 heavy (non-hydrogen) atoms. The summed E-state index contributed by atoms with van der Waals surface area (Å²) in [6.07, 6.45) is 5.45. The average molecular weight is 277 g/mol. The van der Waals surface area contributed by atoms with Gasteiger partial charge in [-0.05, 0) is 30.5 Å². The second kappa shape index (κ2) is 9.13. The smallest absolute Gasteiger partial charge is 0.303 e. The van der Waals surface area contributed by atoms with Crippen LogP contribution in [0.25, 0.3) is 0 Å². The maximum atomic E-state index is 11.7. The number of amides is 1. The van der Waals surface area contributed by atoms with Gasteiger partial charge in [0.05, 0.1) is 0 Å². The van der Waals surface area contributed by atoms with Gasteiger partial charge >= 0.3 is 5.97 Å². The molecule has 1 rings (SSSR count). The molecule has 0 radical (unpaired) electrons.